The summed E-state index contributed by atoms with van der Waals surface area (Å²) in [5.41, 5.74) is -1.21. The quantitative estimate of drug-likeness (QED) is 0.743. The van der Waals surface area contributed by atoms with E-state index < -0.39 is 23.3 Å². The molecule has 0 radical (unpaired) electrons. The van der Waals surface area contributed by atoms with E-state index in [1.54, 1.807) is 6.92 Å². The van der Waals surface area contributed by atoms with Crippen LogP contribution in [-0.4, -0.2) is 54.7 Å². The molecule has 7 heteroatoms. The van der Waals surface area contributed by atoms with Gasteiger partial charge in [0.05, 0.1) is 18.1 Å². The number of carboxylic acids is 1. The molecule has 0 aliphatic rings. The molecule has 0 saturated carbocycles. The zero-order valence-corrected chi connectivity index (χ0v) is 12.0. The lowest BCUT2D eigenvalue weighted by atomic mass is 9.89. The Morgan fingerprint density at radius 1 is 1.37 bits per heavy atom. The molecule has 19 heavy (non-hydrogen) atoms. The van der Waals surface area contributed by atoms with Crippen LogP contribution in [0.4, 0.5) is 4.79 Å². The third kappa shape index (κ3) is 5.69. The number of hydrogen-bond acceptors (Lipinski definition) is 4. The number of aliphatic carboxylic acids is 1. The van der Waals surface area contributed by atoms with Crippen molar-refractivity contribution in [3.05, 3.63) is 0 Å². The molecule has 0 heterocycles. The van der Waals surface area contributed by atoms with Crippen LogP contribution in [0.3, 0.4) is 0 Å². The number of methoxy groups -OCH3 is 1. The Labute approximate surface area is 112 Å². The standard InChI is InChI=1S/C12H22N2O5/c1-8(7-19-5)14(4)11(18)13-9(15)6-12(2,3)10(16)17/h8H,6-7H2,1-5H3,(H,16,17)(H,13,15,18). The van der Waals surface area contributed by atoms with E-state index in [-0.39, 0.29) is 12.5 Å². The summed E-state index contributed by atoms with van der Waals surface area (Å²) in [6.45, 7) is 4.97. The number of nitrogens with one attached hydrogen (secondary N) is 1. The SMILES string of the molecule is COCC(C)N(C)C(=O)NC(=O)CC(C)(C)C(=O)O. The largest absolute Gasteiger partial charge is 0.481 e. The van der Waals surface area contributed by atoms with Gasteiger partial charge < -0.3 is 14.7 Å². The summed E-state index contributed by atoms with van der Waals surface area (Å²) < 4.78 is 4.91. The monoisotopic (exact) mass is 274 g/mol. The van der Waals surface area contributed by atoms with Crippen molar-refractivity contribution in [3.8, 4) is 0 Å². The molecule has 7 nitrogen and oxygen atoms in total. The first-order chi connectivity index (χ1) is 8.61. The molecule has 0 aliphatic carbocycles. The molecule has 0 bridgehead atoms. The molecule has 0 rings (SSSR count). The minimum atomic E-state index is -1.21. The lowest BCUT2D eigenvalue weighted by Crippen LogP contribution is -2.47. The van der Waals surface area contributed by atoms with Crippen LogP contribution in [0.1, 0.15) is 27.2 Å². The summed E-state index contributed by atoms with van der Waals surface area (Å²) in [6.07, 6.45) is -0.263. The van der Waals surface area contributed by atoms with E-state index in [0.717, 1.165) is 0 Å². The van der Waals surface area contributed by atoms with E-state index in [9.17, 15) is 14.4 Å². The van der Waals surface area contributed by atoms with Gasteiger partial charge in [0.25, 0.3) is 0 Å². The lowest BCUT2D eigenvalue weighted by molar-refractivity contribution is -0.149. The van der Waals surface area contributed by atoms with Crippen molar-refractivity contribution in [3.63, 3.8) is 0 Å². The number of urea groups is 1. The first kappa shape index (κ1) is 17.4. The van der Waals surface area contributed by atoms with Crippen molar-refractivity contribution < 1.29 is 24.2 Å². The zero-order valence-electron chi connectivity index (χ0n) is 12.0. The zero-order chi connectivity index (χ0) is 15.2. The van der Waals surface area contributed by atoms with Crippen LogP contribution in [0, 0.1) is 5.41 Å². The van der Waals surface area contributed by atoms with Crippen molar-refractivity contribution >= 4 is 17.9 Å². The number of hydrogen-bond donors (Lipinski definition) is 2. The fourth-order valence-corrected chi connectivity index (χ4v) is 1.28. The van der Waals surface area contributed by atoms with Crippen LogP contribution >= 0.6 is 0 Å². The molecule has 1 atom stereocenters. The van der Waals surface area contributed by atoms with Gasteiger partial charge in [-0.15, -0.1) is 0 Å². The van der Waals surface area contributed by atoms with Crippen molar-refractivity contribution in [2.24, 2.45) is 5.41 Å². The summed E-state index contributed by atoms with van der Waals surface area (Å²) in [5, 5.41) is 11.1. The number of amides is 3. The van der Waals surface area contributed by atoms with Gasteiger partial charge in [-0.05, 0) is 20.8 Å². The highest BCUT2D eigenvalue weighted by atomic mass is 16.5. The van der Waals surface area contributed by atoms with Crippen LogP contribution in [-0.2, 0) is 14.3 Å². The molecule has 0 aromatic carbocycles. The molecule has 0 aromatic rings. The van der Waals surface area contributed by atoms with Crippen molar-refractivity contribution in [2.75, 3.05) is 20.8 Å². The first-order valence-electron chi connectivity index (χ1n) is 5.90. The molecule has 1 unspecified atom stereocenters. The minimum Gasteiger partial charge on any atom is -0.481 e. The number of carboxylic acid groups (broad SMARTS) is 1. The third-order valence-electron chi connectivity index (χ3n) is 2.82. The molecule has 0 saturated heterocycles. The topological polar surface area (TPSA) is 95.9 Å². The molecule has 0 aromatic heterocycles. The van der Waals surface area contributed by atoms with Crippen molar-refractivity contribution in [1.29, 1.82) is 0 Å². The predicted octanol–water partition coefficient (Wildman–Crippen LogP) is 0.690. The van der Waals surface area contributed by atoms with Gasteiger partial charge in [-0.1, -0.05) is 0 Å². The maximum atomic E-state index is 11.7. The van der Waals surface area contributed by atoms with Crippen LogP contribution in [0.5, 0.6) is 0 Å². The molecule has 0 fully saturated rings. The fourth-order valence-electron chi connectivity index (χ4n) is 1.28. The van der Waals surface area contributed by atoms with Gasteiger partial charge >= 0.3 is 12.0 Å². The summed E-state index contributed by atoms with van der Waals surface area (Å²) >= 11 is 0. The van der Waals surface area contributed by atoms with Gasteiger partial charge in [0.1, 0.15) is 0 Å². The summed E-state index contributed by atoms with van der Waals surface area (Å²) in [4.78, 5) is 35.5. The summed E-state index contributed by atoms with van der Waals surface area (Å²) in [5.74, 6) is -1.70. The first-order valence-corrected chi connectivity index (χ1v) is 5.90. The maximum absolute atomic E-state index is 11.7. The average molecular weight is 274 g/mol. The number of imide groups is 1. The smallest absolute Gasteiger partial charge is 0.324 e. The molecular formula is C12H22N2O5. The third-order valence-corrected chi connectivity index (χ3v) is 2.82. The van der Waals surface area contributed by atoms with Crippen LogP contribution in [0.2, 0.25) is 0 Å². The number of carbonyl (C=O) groups is 3. The Bertz CT molecular complexity index is 354. The highest BCUT2D eigenvalue weighted by Crippen LogP contribution is 2.20. The Balaban J connectivity index is 4.42. The Kier molecular flexibility index (Phi) is 6.47. The molecule has 2 N–H and O–H groups in total. The van der Waals surface area contributed by atoms with Gasteiger partial charge in [0, 0.05) is 20.6 Å². The number of carbonyl (C=O) groups excluding carboxylic acids is 2. The summed E-state index contributed by atoms with van der Waals surface area (Å²) in [6, 6.07) is -0.763. The number of rotatable bonds is 6. The Morgan fingerprint density at radius 2 is 1.89 bits per heavy atom. The number of likely N-dealkylation sites (N-methyl/N-ethyl adjacent to an activating group) is 1. The van der Waals surface area contributed by atoms with Crippen molar-refractivity contribution in [2.45, 2.75) is 33.2 Å². The average Bonchev–Trinajstić information content (AvgIpc) is 2.26. The van der Waals surface area contributed by atoms with Crippen LogP contribution in [0.25, 0.3) is 0 Å². The maximum Gasteiger partial charge on any atom is 0.324 e. The lowest BCUT2D eigenvalue weighted by Gasteiger charge is -2.25. The van der Waals surface area contributed by atoms with Crippen molar-refractivity contribution in [1.82, 2.24) is 10.2 Å². The number of ether oxygens (including phenoxy) is 1. The van der Waals surface area contributed by atoms with Gasteiger partial charge in [0.15, 0.2) is 0 Å². The van der Waals surface area contributed by atoms with Crippen LogP contribution in [0.15, 0.2) is 0 Å². The van der Waals surface area contributed by atoms with Gasteiger partial charge in [0.2, 0.25) is 5.91 Å². The van der Waals surface area contributed by atoms with E-state index in [2.05, 4.69) is 5.32 Å². The second-order valence-corrected chi connectivity index (χ2v) is 5.13. The van der Waals surface area contributed by atoms with Crippen LogP contribution < -0.4 is 5.32 Å². The Morgan fingerprint density at radius 3 is 2.32 bits per heavy atom. The second kappa shape index (κ2) is 7.08. The molecule has 0 aliphatic heterocycles. The molecule has 110 valence electrons. The normalized spacial score (nSPS) is 12.7. The second-order valence-electron chi connectivity index (χ2n) is 5.13. The highest BCUT2D eigenvalue weighted by molar-refractivity contribution is 5.96. The van der Waals surface area contributed by atoms with Gasteiger partial charge in [-0.2, -0.15) is 0 Å². The Hall–Kier alpha value is -1.63. The van der Waals surface area contributed by atoms with Gasteiger partial charge in [-0.25, -0.2) is 4.79 Å². The minimum absolute atomic E-state index is 0.190. The molecule has 3 amide bonds. The predicted molar refractivity (Wildman–Crippen MR) is 68.7 cm³/mol. The fraction of sp³-hybridized carbons (Fsp3) is 0.750. The summed E-state index contributed by atoms with van der Waals surface area (Å²) in [7, 11) is 3.05. The molecular weight excluding hydrogens is 252 g/mol. The van der Waals surface area contributed by atoms with E-state index in [0.29, 0.717) is 6.61 Å². The van der Waals surface area contributed by atoms with E-state index in [1.807, 2.05) is 0 Å². The van der Waals surface area contributed by atoms with Gasteiger partial charge in [-0.3, -0.25) is 14.9 Å². The van der Waals surface area contributed by atoms with E-state index >= 15 is 0 Å². The number of nitrogens with zero attached hydrogens (tertiary/aromatic N) is 1. The highest BCUT2D eigenvalue weighted by Gasteiger charge is 2.31. The molecule has 0 spiro atoms. The van der Waals surface area contributed by atoms with E-state index in [1.165, 1.54) is 32.9 Å². The van der Waals surface area contributed by atoms with E-state index in [4.69, 9.17) is 9.84 Å².